The second kappa shape index (κ2) is 8.44. The number of hydrogen-bond acceptors (Lipinski definition) is 4. The van der Waals surface area contributed by atoms with E-state index in [1.54, 1.807) is 0 Å². The van der Waals surface area contributed by atoms with E-state index in [2.05, 4.69) is 58.4 Å². The molecule has 1 fully saturated rings. The van der Waals surface area contributed by atoms with E-state index in [4.69, 9.17) is 4.98 Å². The summed E-state index contributed by atoms with van der Waals surface area (Å²) < 4.78 is 2.04. The van der Waals surface area contributed by atoms with E-state index in [0.29, 0.717) is 0 Å². The van der Waals surface area contributed by atoms with Crippen molar-refractivity contribution in [2.24, 2.45) is 5.92 Å². The van der Waals surface area contributed by atoms with Crippen LogP contribution in [0.15, 0.2) is 54.9 Å². The van der Waals surface area contributed by atoms with Crippen LogP contribution in [0.4, 0.5) is 0 Å². The van der Waals surface area contributed by atoms with Gasteiger partial charge in [-0.2, -0.15) is 5.10 Å². The highest BCUT2D eigenvalue weighted by Crippen LogP contribution is 2.23. The maximum Gasteiger partial charge on any atom is 0.143 e. The van der Waals surface area contributed by atoms with Gasteiger partial charge in [0.2, 0.25) is 0 Å². The zero-order chi connectivity index (χ0) is 18.5. The van der Waals surface area contributed by atoms with Crippen LogP contribution in [0.2, 0.25) is 0 Å². The smallest absolute Gasteiger partial charge is 0.143 e. The minimum absolute atomic E-state index is 0.795. The van der Waals surface area contributed by atoms with E-state index < -0.39 is 0 Å². The molecule has 5 heteroatoms. The topological polar surface area (TPSA) is 46.8 Å². The van der Waals surface area contributed by atoms with Gasteiger partial charge in [0.05, 0.1) is 12.2 Å². The van der Waals surface area contributed by atoms with Gasteiger partial charge in [-0.05, 0) is 57.3 Å². The summed E-state index contributed by atoms with van der Waals surface area (Å²) >= 11 is 0. The summed E-state index contributed by atoms with van der Waals surface area (Å²) in [5.74, 6) is 1.73. The molecule has 2 aromatic heterocycles. The molecule has 0 bridgehead atoms. The molecule has 1 aliphatic heterocycles. The third-order valence-electron chi connectivity index (χ3n) is 5.37. The molecule has 1 saturated heterocycles. The molecule has 0 spiro atoms. The van der Waals surface area contributed by atoms with Crippen LogP contribution in [0.3, 0.4) is 0 Å². The molecule has 0 aliphatic carbocycles. The van der Waals surface area contributed by atoms with Crippen LogP contribution in [-0.4, -0.2) is 37.7 Å². The van der Waals surface area contributed by atoms with E-state index >= 15 is 0 Å². The molecule has 3 heterocycles. The first-order valence-corrected chi connectivity index (χ1v) is 9.86. The molecule has 5 nitrogen and oxygen atoms in total. The summed E-state index contributed by atoms with van der Waals surface area (Å²) in [6.07, 6.45) is 7.62. The summed E-state index contributed by atoms with van der Waals surface area (Å²) in [7, 11) is 0. The van der Waals surface area contributed by atoms with Gasteiger partial charge in [-0.3, -0.25) is 9.58 Å². The lowest BCUT2D eigenvalue weighted by atomic mass is 9.93. The Labute approximate surface area is 161 Å². The summed E-state index contributed by atoms with van der Waals surface area (Å²) in [5.41, 5.74) is 3.21. The van der Waals surface area contributed by atoms with Crippen molar-refractivity contribution in [2.75, 3.05) is 13.1 Å². The van der Waals surface area contributed by atoms with Gasteiger partial charge in [0, 0.05) is 30.2 Å². The maximum atomic E-state index is 4.82. The Hall–Kier alpha value is -2.53. The third-order valence-corrected chi connectivity index (χ3v) is 5.37. The van der Waals surface area contributed by atoms with Crippen LogP contribution in [0.1, 0.15) is 30.8 Å². The third kappa shape index (κ3) is 4.80. The van der Waals surface area contributed by atoms with Crippen molar-refractivity contribution in [3.8, 4) is 11.3 Å². The first-order valence-electron chi connectivity index (χ1n) is 9.86. The molecule has 27 heavy (non-hydrogen) atoms. The first-order chi connectivity index (χ1) is 13.3. The molecule has 140 valence electrons. The second-order valence-electron chi connectivity index (χ2n) is 7.45. The van der Waals surface area contributed by atoms with E-state index in [0.717, 1.165) is 54.9 Å². The van der Waals surface area contributed by atoms with E-state index in [-0.39, 0.29) is 0 Å². The lowest BCUT2D eigenvalue weighted by molar-refractivity contribution is 0.165. The van der Waals surface area contributed by atoms with Crippen LogP contribution in [-0.2, 0) is 13.1 Å². The largest absolute Gasteiger partial charge is 0.296 e. The van der Waals surface area contributed by atoms with Crippen molar-refractivity contribution in [3.63, 3.8) is 0 Å². The normalized spacial score (nSPS) is 15.9. The molecular weight excluding hydrogens is 334 g/mol. The van der Waals surface area contributed by atoms with Crippen molar-refractivity contribution in [3.05, 3.63) is 66.4 Å². The lowest BCUT2D eigenvalue weighted by Crippen LogP contribution is -2.34. The summed E-state index contributed by atoms with van der Waals surface area (Å²) in [5, 5.41) is 4.30. The predicted octanol–water partition coefficient (Wildman–Crippen LogP) is 3.95. The number of likely N-dealkylation sites (tertiary alicyclic amines) is 1. The lowest BCUT2D eigenvalue weighted by Gasteiger charge is -2.31. The van der Waals surface area contributed by atoms with Gasteiger partial charge in [-0.15, -0.1) is 0 Å². The highest BCUT2D eigenvalue weighted by atomic mass is 15.3. The van der Waals surface area contributed by atoms with Crippen molar-refractivity contribution in [2.45, 2.75) is 39.3 Å². The van der Waals surface area contributed by atoms with E-state index in [1.165, 1.54) is 19.3 Å². The van der Waals surface area contributed by atoms with Crippen molar-refractivity contribution >= 4 is 0 Å². The molecule has 1 aromatic carbocycles. The van der Waals surface area contributed by atoms with Crippen molar-refractivity contribution < 1.29 is 0 Å². The summed E-state index contributed by atoms with van der Waals surface area (Å²) in [4.78, 5) is 12.0. The van der Waals surface area contributed by atoms with Crippen LogP contribution < -0.4 is 0 Å². The Kier molecular flexibility index (Phi) is 5.58. The van der Waals surface area contributed by atoms with Gasteiger partial charge in [-0.1, -0.05) is 30.3 Å². The number of aryl methyl sites for hydroxylation is 2. The number of hydrogen-bond donors (Lipinski definition) is 0. The second-order valence-corrected chi connectivity index (χ2v) is 7.45. The van der Waals surface area contributed by atoms with Gasteiger partial charge in [0.1, 0.15) is 5.82 Å². The first kappa shape index (κ1) is 17.9. The SMILES string of the molecule is Cc1cc(-c2ccccc2)nc(CN2CCC(CCn3cccn3)CC2)n1. The standard InChI is InChI=1S/C22H27N5/c1-18-16-21(20-6-3-2-4-7-20)25-22(24-18)17-26-13-8-19(9-14-26)10-15-27-12-5-11-23-27/h2-7,11-12,16,19H,8-10,13-15,17H2,1H3. The van der Waals surface area contributed by atoms with Crippen LogP contribution >= 0.6 is 0 Å². The molecule has 1 aliphatic rings. The average Bonchev–Trinajstić information content (AvgIpc) is 3.21. The fraction of sp³-hybridized carbons (Fsp3) is 0.409. The van der Waals surface area contributed by atoms with Crippen molar-refractivity contribution in [1.29, 1.82) is 0 Å². The molecule has 0 saturated carbocycles. The zero-order valence-corrected chi connectivity index (χ0v) is 16.0. The average molecular weight is 361 g/mol. The molecule has 0 atom stereocenters. The van der Waals surface area contributed by atoms with E-state index in [9.17, 15) is 0 Å². The highest BCUT2D eigenvalue weighted by Gasteiger charge is 2.20. The summed E-state index contributed by atoms with van der Waals surface area (Å²) in [6.45, 7) is 6.18. The van der Waals surface area contributed by atoms with Gasteiger partial charge in [0.15, 0.2) is 0 Å². The molecule has 4 rings (SSSR count). The Balaban J connectivity index is 1.33. The molecular formula is C22H27N5. The Bertz CT molecular complexity index is 836. The van der Waals surface area contributed by atoms with Crippen LogP contribution in [0.5, 0.6) is 0 Å². The Morgan fingerprint density at radius 2 is 1.85 bits per heavy atom. The summed E-state index contributed by atoms with van der Waals surface area (Å²) in [6, 6.07) is 14.4. The minimum Gasteiger partial charge on any atom is -0.296 e. The fourth-order valence-corrected chi connectivity index (χ4v) is 3.84. The van der Waals surface area contributed by atoms with Gasteiger partial charge in [-0.25, -0.2) is 9.97 Å². The number of rotatable bonds is 6. The molecule has 3 aromatic rings. The Morgan fingerprint density at radius 1 is 1.04 bits per heavy atom. The quantitative estimate of drug-likeness (QED) is 0.667. The number of piperidine rings is 1. The maximum absolute atomic E-state index is 4.82. The molecule has 0 unspecified atom stereocenters. The monoisotopic (exact) mass is 361 g/mol. The van der Waals surface area contributed by atoms with Crippen molar-refractivity contribution in [1.82, 2.24) is 24.6 Å². The fourth-order valence-electron chi connectivity index (χ4n) is 3.84. The highest BCUT2D eigenvalue weighted by molar-refractivity contribution is 5.58. The van der Waals surface area contributed by atoms with Crippen LogP contribution in [0, 0.1) is 12.8 Å². The van der Waals surface area contributed by atoms with Gasteiger partial charge < -0.3 is 0 Å². The minimum atomic E-state index is 0.795. The zero-order valence-electron chi connectivity index (χ0n) is 16.0. The molecule has 0 N–H and O–H groups in total. The molecule has 0 radical (unpaired) electrons. The number of nitrogens with zero attached hydrogens (tertiary/aromatic N) is 5. The Morgan fingerprint density at radius 3 is 2.59 bits per heavy atom. The van der Waals surface area contributed by atoms with Gasteiger partial charge >= 0.3 is 0 Å². The van der Waals surface area contributed by atoms with Gasteiger partial charge in [0.25, 0.3) is 0 Å². The predicted molar refractivity (Wildman–Crippen MR) is 107 cm³/mol. The number of aromatic nitrogens is 4. The molecule has 0 amide bonds. The number of benzene rings is 1. The van der Waals surface area contributed by atoms with E-state index in [1.807, 2.05) is 23.0 Å². The van der Waals surface area contributed by atoms with Crippen LogP contribution in [0.25, 0.3) is 11.3 Å².